The smallest absolute Gasteiger partial charge is 0.416 e. The maximum Gasteiger partial charge on any atom is 0.416 e. The molecule has 12 heteroatoms. The van der Waals surface area contributed by atoms with Gasteiger partial charge in [0.05, 0.1) is 17.7 Å². The molecule has 0 saturated heterocycles. The largest absolute Gasteiger partial charge is 0.475 e. The van der Waals surface area contributed by atoms with E-state index in [1.165, 1.54) is 25.1 Å². The number of fused-ring (bicyclic) bond motifs is 1. The fraction of sp³-hybridized carbons (Fsp3) is 0.269. The van der Waals surface area contributed by atoms with Crippen molar-refractivity contribution in [1.82, 2.24) is 14.8 Å². The summed E-state index contributed by atoms with van der Waals surface area (Å²) in [6.07, 6.45) is -10.0. The average molecular weight is 537 g/mol. The number of hydrogen-bond acceptors (Lipinski definition) is 4. The lowest BCUT2D eigenvalue weighted by molar-refractivity contribution is -0.143. The molecule has 0 bridgehead atoms. The second-order valence-corrected chi connectivity index (χ2v) is 8.79. The van der Waals surface area contributed by atoms with Gasteiger partial charge in [0.2, 0.25) is 5.88 Å². The van der Waals surface area contributed by atoms with Crippen molar-refractivity contribution < 1.29 is 40.7 Å². The maximum atomic E-state index is 13.7. The summed E-state index contributed by atoms with van der Waals surface area (Å²) in [4.78, 5) is 32.9. The van der Waals surface area contributed by atoms with Gasteiger partial charge in [-0.15, -0.1) is 0 Å². The van der Waals surface area contributed by atoms with Gasteiger partial charge in [0, 0.05) is 26.2 Å². The molecule has 200 valence electrons. The van der Waals surface area contributed by atoms with Gasteiger partial charge >= 0.3 is 12.4 Å². The molecule has 2 amide bonds. The van der Waals surface area contributed by atoms with E-state index < -0.39 is 41.8 Å². The van der Waals surface area contributed by atoms with Crippen LogP contribution in [0, 0.1) is 0 Å². The Labute approximate surface area is 213 Å². The molecule has 0 spiro atoms. The van der Waals surface area contributed by atoms with Gasteiger partial charge in [-0.05, 0) is 35.4 Å². The Morgan fingerprint density at radius 3 is 2.13 bits per heavy atom. The average Bonchev–Trinajstić information content (AvgIpc) is 3.00. The zero-order valence-corrected chi connectivity index (χ0v) is 20.2. The van der Waals surface area contributed by atoms with Crippen LogP contribution < -0.4 is 4.74 Å². The van der Waals surface area contributed by atoms with Gasteiger partial charge in [0.25, 0.3) is 11.8 Å². The molecule has 0 fully saturated rings. The second-order valence-electron chi connectivity index (χ2n) is 8.79. The molecule has 0 N–H and O–H groups in total. The fourth-order valence-corrected chi connectivity index (χ4v) is 4.01. The molecule has 0 saturated carbocycles. The number of halogens is 6. The van der Waals surface area contributed by atoms with Gasteiger partial charge in [-0.25, -0.2) is 4.98 Å². The maximum absolute atomic E-state index is 13.7. The molecule has 6 nitrogen and oxygen atoms in total. The van der Waals surface area contributed by atoms with Crippen molar-refractivity contribution in [3.8, 4) is 17.0 Å². The summed E-state index contributed by atoms with van der Waals surface area (Å²) in [5.41, 5.74) is -2.51. The van der Waals surface area contributed by atoms with Gasteiger partial charge in [-0.3, -0.25) is 9.59 Å². The summed E-state index contributed by atoms with van der Waals surface area (Å²) in [7, 11) is 3.05. The Morgan fingerprint density at radius 2 is 1.58 bits per heavy atom. The summed E-state index contributed by atoms with van der Waals surface area (Å²) in [5.74, 6) is -1.31. The predicted octanol–water partition coefficient (Wildman–Crippen LogP) is 5.52. The number of carbonyl (C=O) groups excluding carboxylic acids is 2. The lowest BCUT2D eigenvalue weighted by Gasteiger charge is -2.23. The highest BCUT2D eigenvalue weighted by molar-refractivity contribution is 6.05. The van der Waals surface area contributed by atoms with Crippen LogP contribution in [-0.4, -0.2) is 53.8 Å². The minimum atomic E-state index is -5.02. The number of ether oxygens (including phenoxy) is 1. The molecule has 2 heterocycles. The summed E-state index contributed by atoms with van der Waals surface area (Å²) >= 11 is 0. The third-order valence-corrected chi connectivity index (χ3v) is 5.82. The molecule has 38 heavy (non-hydrogen) atoms. The highest BCUT2D eigenvalue weighted by Crippen LogP contribution is 2.38. The number of carbonyl (C=O) groups is 2. The van der Waals surface area contributed by atoms with Crippen LogP contribution in [0.15, 0.2) is 54.6 Å². The topological polar surface area (TPSA) is 62.7 Å². The number of nitrogens with zero attached hydrogens (tertiary/aromatic N) is 3. The van der Waals surface area contributed by atoms with E-state index in [9.17, 15) is 35.9 Å². The minimum absolute atomic E-state index is 0.00144. The molecule has 3 aromatic rings. The van der Waals surface area contributed by atoms with E-state index in [0.29, 0.717) is 17.7 Å². The standard InChI is InChI=1S/C26H21F6N3O3/c1-34(2)23(36)20-13-19(16-6-4-3-5-7-16)21-22(33-20)38-9-8-35(24(21)37)14-15-10-17(25(27,28)29)12-18(11-15)26(30,31)32/h3-7,10-13H,8-9,14H2,1-2H3. The van der Waals surface area contributed by atoms with Crippen molar-refractivity contribution in [2.24, 2.45) is 0 Å². The Hall–Kier alpha value is -4.09. The highest BCUT2D eigenvalue weighted by atomic mass is 19.4. The van der Waals surface area contributed by atoms with Crippen molar-refractivity contribution in [3.63, 3.8) is 0 Å². The second kappa shape index (κ2) is 9.99. The molecule has 0 unspecified atom stereocenters. The van der Waals surface area contributed by atoms with Crippen LogP contribution in [0.2, 0.25) is 0 Å². The van der Waals surface area contributed by atoms with Crippen LogP contribution in [0.4, 0.5) is 26.3 Å². The van der Waals surface area contributed by atoms with Crippen LogP contribution in [0.3, 0.4) is 0 Å². The van der Waals surface area contributed by atoms with Crippen LogP contribution in [0.25, 0.3) is 11.1 Å². The first kappa shape index (κ1) is 27.0. The van der Waals surface area contributed by atoms with Gasteiger partial charge in [-0.1, -0.05) is 30.3 Å². The fourth-order valence-electron chi connectivity index (χ4n) is 4.01. The summed E-state index contributed by atoms with van der Waals surface area (Å²) in [5, 5.41) is 0. The van der Waals surface area contributed by atoms with Crippen LogP contribution in [-0.2, 0) is 18.9 Å². The molecule has 0 atom stereocenters. The SMILES string of the molecule is CN(C)C(=O)c1cc(-c2ccccc2)c2c(n1)OCCN(Cc1cc(C(F)(F)F)cc(C(F)(F)F)c1)C2=O. The first-order valence-corrected chi connectivity index (χ1v) is 11.3. The molecule has 0 aliphatic carbocycles. The van der Waals surface area contributed by atoms with Crippen LogP contribution >= 0.6 is 0 Å². The number of amides is 2. The van der Waals surface area contributed by atoms with E-state index in [0.717, 1.165) is 4.90 Å². The van der Waals surface area contributed by atoms with Crippen LogP contribution in [0.5, 0.6) is 5.88 Å². The van der Waals surface area contributed by atoms with E-state index in [1.807, 2.05) is 0 Å². The number of aromatic nitrogens is 1. The molecular formula is C26H21F6N3O3. The molecule has 2 aromatic carbocycles. The highest BCUT2D eigenvalue weighted by Gasteiger charge is 2.37. The number of hydrogen-bond donors (Lipinski definition) is 0. The Morgan fingerprint density at radius 1 is 0.974 bits per heavy atom. The number of alkyl halides is 6. The van der Waals surface area contributed by atoms with E-state index >= 15 is 0 Å². The molecule has 1 aliphatic rings. The molecule has 1 aromatic heterocycles. The van der Waals surface area contributed by atoms with E-state index in [-0.39, 0.29) is 47.5 Å². The zero-order valence-electron chi connectivity index (χ0n) is 20.2. The summed E-state index contributed by atoms with van der Waals surface area (Å²) in [6, 6.07) is 11.1. The Balaban J connectivity index is 1.81. The van der Waals surface area contributed by atoms with Crippen molar-refractivity contribution >= 4 is 11.8 Å². The van der Waals surface area contributed by atoms with Crippen molar-refractivity contribution in [3.05, 3.63) is 82.5 Å². The summed E-state index contributed by atoms with van der Waals surface area (Å²) < 4.78 is 85.8. The predicted molar refractivity (Wildman–Crippen MR) is 124 cm³/mol. The van der Waals surface area contributed by atoms with Crippen molar-refractivity contribution in [1.29, 1.82) is 0 Å². The quantitative estimate of drug-likeness (QED) is 0.411. The van der Waals surface area contributed by atoms with Gasteiger partial charge in [0.1, 0.15) is 17.9 Å². The van der Waals surface area contributed by atoms with Crippen molar-refractivity contribution in [2.45, 2.75) is 18.9 Å². The third kappa shape index (κ3) is 5.58. The lowest BCUT2D eigenvalue weighted by Crippen LogP contribution is -2.32. The number of rotatable bonds is 4. The zero-order chi connectivity index (χ0) is 27.8. The lowest BCUT2D eigenvalue weighted by atomic mass is 9.98. The molecule has 0 radical (unpaired) electrons. The molecule has 1 aliphatic heterocycles. The van der Waals surface area contributed by atoms with Gasteiger partial charge in [0.15, 0.2) is 0 Å². The molecule has 4 rings (SSSR count). The number of pyridine rings is 1. The summed E-state index contributed by atoms with van der Waals surface area (Å²) in [6.45, 7) is -0.829. The third-order valence-electron chi connectivity index (χ3n) is 5.82. The Kier molecular flexibility index (Phi) is 7.09. The van der Waals surface area contributed by atoms with Gasteiger partial charge < -0.3 is 14.5 Å². The van der Waals surface area contributed by atoms with E-state index in [4.69, 9.17) is 4.74 Å². The Bertz CT molecular complexity index is 1340. The van der Waals surface area contributed by atoms with Crippen molar-refractivity contribution in [2.75, 3.05) is 27.2 Å². The monoisotopic (exact) mass is 537 g/mol. The van der Waals surface area contributed by atoms with E-state index in [2.05, 4.69) is 4.98 Å². The number of benzene rings is 2. The first-order valence-electron chi connectivity index (χ1n) is 11.3. The van der Waals surface area contributed by atoms with E-state index in [1.54, 1.807) is 30.3 Å². The van der Waals surface area contributed by atoms with Gasteiger partial charge in [-0.2, -0.15) is 26.3 Å². The normalized spacial score (nSPS) is 14.0. The molecular weight excluding hydrogens is 516 g/mol. The minimum Gasteiger partial charge on any atom is -0.475 e. The van der Waals surface area contributed by atoms with Crippen LogP contribution in [0.1, 0.15) is 37.5 Å². The first-order chi connectivity index (χ1) is 17.8.